The highest BCUT2D eigenvalue weighted by Crippen LogP contribution is 2.30. The highest BCUT2D eigenvalue weighted by atomic mass is 16.5. The van der Waals surface area contributed by atoms with E-state index < -0.39 is 12.0 Å². The fourth-order valence-corrected chi connectivity index (χ4v) is 1.35. The third-order valence-electron chi connectivity index (χ3n) is 2.22. The summed E-state index contributed by atoms with van der Waals surface area (Å²) in [6.45, 7) is 3.97. The van der Waals surface area contributed by atoms with Crippen LogP contribution in [-0.4, -0.2) is 30.8 Å². The number of carboxylic acids is 1. The minimum absolute atomic E-state index is 0.522. The molecule has 1 unspecified atom stereocenters. The summed E-state index contributed by atoms with van der Waals surface area (Å²) in [6, 6.07) is 4.56. The molecule has 0 bridgehead atoms. The minimum Gasteiger partial charge on any atom is -0.493 e. The lowest BCUT2D eigenvalue weighted by atomic mass is 10.2. The molecule has 94 valence electrons. The molecule has 2 N–H and O–H groups in total. The maximum atomic E-state index is 10.7. The molecule has 5 heteroatoms. The van der Waals surface area contributed by atoms with Crippen molar-refractivity contribution in [2.24, 2.45) is 0 Å². The molecule has 0 radical (unpaired) electrons. The number of ether oxygens (including phenoxy) is 2. The van der Waals surface area contributed by atoms with Crippen LogP contribution in [0.2, 0.25) is 0 Å². The molecule has 0 saturated heterocycles. The molecule has 17 heavy (non-hydrogen) atoms. The highest BCUT2D eigenvalue weighted by Gasteiger charge is 2.12. The van der Waals surface area contributed by atoms with Gasteiger partial charge in [0, 0.05) is 11.8 Å². The van der Waals surface area contributed by atoms with Crippen molar-refractivity contribution >= 4 is 11.7 Å². The number of hydrogen-bond donors (Lipinski definition) is 2. The van der Waals surface area contributed by atoms with Gasteiger partial charge in [0.25, 0.3) is 0 Å². The number of carbonyl (C=O) groups is 1. The molecular formula is C12H17NO4. The van der Waals surface area contributed by atoms with E-state index in [1.165, 1.54) is 0 Å². The average Bonchev–Trinajstić information content (AvgIpc) is 2.29. The molecule has 0 amide bonds. The highest BCUT2D eigenvalue weighted by molar-refractivity contribution is 5.77. The smallest absolute Gasteiger partial charge is 0.325 e. The number of aliphatic carboxylic acids is 1. The predicted octanol–water partition coefficient (Wildman–Crippen LogP) is 1.98. The van der Waals surface area contributed by atoms with Gasteiger partial charge in [-0.3, -0.25) is 4.79 Å². The van der Waals surface area contributed by atoms with Crippen LogP contribution in [0.1, 0.15) is 13.8 Å². The maximum Gasteiger partial charge on any atom is 0.325 e. The number of hydrogen-bond acceptors (Lipinski definition) is 4. The van der Waals surface area contributed by atoms with Crippen LogP contribution in [-0.2, 0) is 4.79 Å². The Balaban J connectivity index is 2.87. The molecule has 5 nitrogen and oxygen atoms in total. The monoisotopic (exact) mass is 239 g/mol. The van der Waals surface area contributed by atoms with Crippen molar-refractivity contribution in [1.29, 1.82) is 0 Å². The predicted molar refractivity (Wildman–Crippen MR) is 64.9 cm³/mol. The number of nitrogens with one attached hydrogen (secondary N) is 1. The number of methoxy groups -OCH3 is 1. The van der Waals surface area contributed by atoms with Gasteiger partial charge in [-0.1, -0.05) is 0 Å². The molecule has 1 atom stereocenters. The van der Waals surface area contributed by atoms with Crippen molar-refractivity contribution in [3.63, 3.8) is 0 Å². The summed E-state index contributed by atoms with van der Waals surface area (Å²) in [5.41, 5.74) is 0.684. The molecule has 0 aliphatic rings. The van der Waals surface area contributed by atoms with E-state index in [0.29, 0.717) is 23.8 Å². The summed E-state index contributed by atoms with van der Waals surface area (Å²) >= 11 is 0. The van der Waals surface area contributed by atoms with Crippen molar-refractivity contribution < 1.29 is 19.4 Å². The van der Waals surface area contributed by atoms with Crippen LogP contribution in [0.4, 0.5) is 5.69 Å². The van der Waals surface area contributed by atoms with Crippen LogP contribution in [0, 0.1) is 0 Å². The molecule has 0 aliphatic carbocycles. The van der Waals surface area contributed by atoms with Crippen LogP contribution in [0.3, 0.4) is 0 Å². The quantitative estimate of drug-likeness (QED) is 0.794. The average molecular weight is 239 g/mol. The summed E-state index contributed by atoms with van der Waals surface area (Å²) < 4.78 is 10.5. The fourth-order valence-electron chi connectivity index (χ4n) is 1.35. The zero-order valence-corrected chi connectivity index (χ0v) is 10.2. The van der Waals surface area contributed by atoms with Crippen LogP contribution in [0.25, 0.3) is 0 Å². The van der Waals surface area contributed by atoms with Gasteiger partial charge in [-0.2, -0.15) is 0 Å². The first-order valence-electron chi connectivity index (χ1n) is 5.38. The Morgan fingerprint density at radius 3 is 2.71 bits per heavy atom. The number of benzene rings is 1. The maximum absolute atomic E-state index is 10.7. The van der Waals surface area contributed by atoms with Gasteiger partial charge < -0.3 is 19.9 Å². The van der Waals surface area contributed by atoms with E-state index in [-0.39, 0.29) is 0 Å². The Hall–Kier alpha value is -1.91. The van der Waals surface area contributed by atoms with Gasteiger partial charge in [0.15, 0.2) is 11.5 Å². The van der Waals surface area contributed by atoms with Crippen molar-refractivity contribution in [3.05, 3.63) is 18.2 Å². The molecule has 0 spiro atoms. The molecule has 1 aromatic carbocycles. The van der Waals surface area contributed by atoms with Crippen LogP contribution >= 0.6 is 0 Å². The third kappa shape index (κ3) is 3.55. The normalized spacial score (nSPS) is 11.7. The summed E-state index contributed by atoms with van der Waals surface area (Å²) in [4.78, 5) is 10.7. The van der Waals surface area contributed by atoms with E-state index in [9.17, 15) is 4.79 Å². The Bertz CT molecular complexity index is 392. The number of anilines is 1. The summed E-state index contributed by atoms with van der Waals surface area (Å²) in [5, 5.41) is 11.7. The van der Waals surface area contributed by atoms with E-state index in [1.54, 1.807) is 32.2 Å². The molecule has 1 rings (SSSR count). The second-order valence-corrected chi connectivity index (χ2v) is 3.50. The van der Waals surface area contributed by atoms with Crippen molar-refractivity contribution in [2.75, 3.05) is 19.0 Å². The summed E-state index contributed by atoms with van der Waals surface area (Å²) in [5.74, 6) is 0.316. The van der Waals surface area contributed by atoms with E-state index in [0.717, 1.165) is 0 Å². The fraction of sp³-hybridized carbons (Fsp3) is 0.417. The first-order chi connectivity index (χ1) is 8.08. The van der Waals surface area contributed by atoms with Gasteiger partial charge >= 0.3 is 5.97 Å². The zero-order valence-electron chi connectivity index (χ0n) is 10.2. The van der Waals surface area contributed by atoms with Crippen molar-refractivity contribution in [3.8, 4) is 11.5 Å². The molecule has 1 aromatic rings. The van der Waals surface area contributed by atoms with Crippen LogP contribution in [0.15, 0.2) is 18.2 Å². The third-order valence-corrected chi connectivity index (χ3v) is 2.22. The van der Waals surface area contributed by atoms with Crippen LogP contribution in [0.5, 0.6) is 11.5 Å². The second kappa shape index (κ2) is 5.98. The minimum atomic E-state index is -0.904. The standard InChI is InChI=1S/C12H17NO4/c1-4-17-11-7-9(5-6-10(11)16-3)13-8(2)12(14)15/h5-8,13H,4H2,1-3H3,(H,14,15). The Morgan fingerprint density at radius 1 is 1.47 bits per heavy atom. The van der Waals surface area contributed by atoms with Gasteiger partial charge in [-0.05, 0) is 26.0 Å². The van der Waals surface area contributed by atoms with Crippen LogP contribution < -0.4 is 14.8 Å². The lowest BCUT2D eigenvalue weighted by molar-refractivity contribution is -0.137. The molecular weight excluding hydrogens is 222 g/mol. The van der Waals surface area contributed by atoms with Gasteiger partial charge in [0.1, 0.15) is 6.04 Å². The topological polar surface area (TPSA) is 67.8 Å². The summed E-state index contributed by atoms with van der Waals surface area (Å²) in [7, 11) is 1.56. The van der Waals surface area contributed by atoms with Crippen molar-refractivity contribution in [2.45, 2.75) is 19.9 Å². The SMILES string of the molecule is CCOc1cc(NC(C)C(=O)O)ccc1OC. The Kier molecular flexibility index (Phi) is 4.63. The van der Waals surface area contributed by atoms with Crippen molar-refractivity contribution in [1.82, 2.24) is 0 Å². The number of carboxylic acid groups (broad SMARTS) is 1. The largest absolute Gasteiger partial charge is 0.493 e. The van der Waals surface area contributed by atoms with Gasteiger partial charge in [0.05, 0.1) is 13.7 Å². The molecule has 0 aliphatic heterocycles. The Morgan fingerprint density at radius 2 is 2.18 bits per heavy atom. The van der Waals surface area contributed by atoms with E-state index in [4.69, 9.17) is 14.6 Å². The van der Waals surface area contributed by atoms with E-state index in [2.05, 4.69) is 5.32 Å². The van der Waals surface area contributed by atoms with Gasteiger partial charge in [-0.25, -0.2) is 0 Å². The molecule has 0 aromatic heterocycles. The second-order valence-electron chi connectivity index (χ2n) is 3.50. The molecule has 0 fully saturated rings. The zero-order chi connectivity index (χ0) is 12.8. The molecule has 0 saturated carbocycles. The first-order valence-corrected chi connectivity index (χ1v) is 5.38. The first kappa shape index (κ1) is 13.2. The number of rotatable bonds is 6. The summed E-state index contributed by atoms with van der Waals surface area (Å²) in [6.07, 6.45) is 0. The van der Waals surface area contributed by atoms with Gasteiger partial charge in [0.2, 0.25) is 0 Å². The lowest BCUT2D eigenvalue weighted by Crippen LogP contribution is -2.25. The van der Waals surface area contributed by atoms with E-state index in [1.807, 2.05) is 6.92 Å². The van der Waals surface area contributed by atoms with E-state index >= 15 is 0 Å². The Labute approximate surface area is 100 Å². The molecule has 0 heterocycles. The van der Waals surface area contributed by atoms with Gasteiger partial charge in [-0.15, -0.1) is 0 Å². The lowest BCUT2D eigenvalue weighted by Gasteiger charge is -2.14.